The van der Waals surface area contributed by atoms with Crippen molar-refractivity contribution in [2.45, 2.75) is 19.6 Å². The number of nitrogens with two attached hydrogens (primary N) is 1. The maximum Gasteiger partial charge on any atom is 0.387 e. The lowest BCUT2D eigenvalue weighted by Crippen LogP contribution is -2.05. The van der Waals surface area contributed by atoms with Gasteiger partial charge < -0.3 is 10.5 Å². The van der Waals surface area contributed by atoms with E-state index >= 15 is 0 Å². The Labute approximate surface area is 102 Å². The molecular weight excluding hydrogens is 242 g/mol. The van der Waals surface area contributed by atoms with Crippen LogP contribution in [0.2, 0.25) is 0 Å². The Kier molecular flexibility index (Phi) is 3.52. The molecule has 1 heterocycles. The molecule has 0 radical (unpaired) electrons. The third-order valence-corrected chi connectivity index (χ3v) is 2.30. The molecule has 7 heteroatoms. The van der Waals surface area contributed by atoms with Crippen LogP contribution in [-0.2, 0) is 0 Å². The summed E-state index contributed by atoms with van der Waals surface area (Å²) in [7, 11) is 0. The molecule has 0 bridgehead atoms. The van der Waals surface area contributed by atoms with E-state index in [1.54, 1.807) is 25.3 Å². The van der Waals surface area contributed by atoms with Crippen molar-refractivity contribution in [1.82, 2.24) is 15.0 Å². The highest BCUT2D eigenvalue weighted by atomic mass is 19.3. The molecule has 18 heavy (non-hydrogen) atoms. The van der Waals surface area contributed by atoms with Gasteiger partial charge >= 0.3 is 6.61 Å². The van der Waals surface area contributed by atoms with Gasteiger partial charge in [0.15, 0.2) is 0 Å². The quantitative estimate of drug-likeness (QED) is 0.904. The summed E-state index contributed by atoms with van der Waals surface area (Å²) in [4.78, 5) is 0. The number of rotatable bonds is 4. The van der Waals surface area contributed by atoms with E-state index in [4.69, 9.17) is 5.73 Å². The van der Waals surface area contributed by atoms with Crippen molar-refractivity contribution < 1.29 is 13.5 Å². The minimum absolute atomic E-state index is 0.0984. The first-order valence-corrected chi connectivity index (χ1v) is 5.29. The summed E-state index contributed by atoms with van der Waals surface area (Å²) in [6, 6.07) is 5.89. The molecule has 1 unspecified atom stereocenters. The van der Waals surface area contributed by atoms with Crippen LogP contribution in [0.25, 0.3) is 5.69 Å². The number of nitrogens with zero attached hydrogens (tertiary/aromatic N) is 3. The highest BCUT2D eigenvalue weighted by molar-refractivity contribution is 5.36. The van der Waals surface area contributed by atoms with Gasteiger partial charge in [-0.1, -0.05) is 5.21 Å². The molecule has 1 atom stereocenters. The minimum atomic E-state index is -2.83. The Morgan fingerprint density at radius 2 is 1.94 bits per heavy atom. The zero-order valence-electron chi connectivity index (χ0n) is 9.62. The molecule has 0 aliphatic rings. The van der Waals surface area contributed by atoms with Crippen molar-refractivity contribution in [1.29, 1.82) is 0 Å². The number of ether oxygens (including phenoxy) is 1. The van der Waals surface area contributed by atoms with Crippen molar-refractivity contribution >= 4 is 0 Å². The summed E-state index contributed by atoms with van der Waals surface area (Å²) in [6.07, 6.45) is 1.69. The number of alkyl halides is 2. The van der Waals surface area contributed by atoms with Crippen LogP contribution in [0.15, 0.2) is 30.5 Å². The van der Waals surface area contributed by atoms with Gasteiger partial charge in [0.05, 0.1) is 17.6 Å². The second kappa shape index (κ2) is 5.09. The van der Waals surface area contributed by atoms with Gasteiger partial charge in [-0.2, -0.15) is 8.78 Å². The Hall–Kier alpha value is -2.02. The van der Waals surface area contributed by atoms with Crippen LogP contribution in [0.4, 0.5) is 8.78 Å². The zero-order chi connectivity index (χ0) is 13.1. The molecule has 2 rings (SSSR count). The van der Waals surface area contributed by atoms with E-state index in [0.29, 0.717) is 11.4 Å². The lowest BCUT2D eigenvalue weighted by molar-refractivity contribution is -0.0498. The highest BCUT2D eigenvalue weighted by Gasteiger charge is 2.07. The molecule has 0 aliphatic heterocycles. The van der Waals surface area contributed by atoms with Crippen LogP contribution in [0.3, 0.4) is 0 Å². The summed E-state index contributed by atoms with van der Waals surface area (Å²) in [5.74, 6) is 0.0984. The number of hydrogen-bond acceptors (Lipinski definition) is 4. The lowest BCUT2D eigenvalue weighted by atomic mass is 10.3. The Morgan fingerprint density at radius 1 is 1.28 bits per heavy atom. The van der Waals surface area contributed by atoms with E-state index in [2.05, 4.69) is 15.0 Å². The van der Waals surface area contributed by atoms with Crippen LogP contribution in [0, 0.1) is 0 Å². The molecule has 1 aromatic heterocycles. The van der Waals surface area contributed by atoms with Gasteiger partial charge in [-0.15, -0.1) is 5.10 Å². The predicted molar refractivity (Wildman–Crippen MR) is 60.6 cm³/mol. The van der Waals surface area contributed by atoms with Gasteiger partial charge in [-0.05, 0) is 31.2 Å². The third kappa shape index (κ3) is 2.80. The minimum Gasteiger partial charge on any atom is -0.435 e. The van der Waals surface area contributed by atoms with E-state index in [1.807, 2.05) is 0 Å². The van der Waals surface area contributed by atoms with Gasteiger partial charge in [0.1, 0.15) is 5.75 Å². The van der Waals surface area contributed by atoms with E-state index in [1.165, 1.54) is 16.8 Å². The third-order valence-electron chi connectivity index (χ3n) is 2.30. The van der Waals surface area contributed by atoms with Crippen molar-refractivity contribution in [2.75, 3.05) is 0 Å². The molecule has 0 fully saturated rings. The average molecular weight is 254 g/mol. The Balaban J connectivity index is 2.17. The largest absolute Gasteiger partial charge is 0.435 e. The summed E-state index contributed by atoms with van der Waals surface area (Å²) >= 11 is 0. The van der Waals surface area contributed by atoms with E-state index < -0.39 is 6.61 Å². The smallest absolute Gasteiger partial charge is 0.387 e. The fourth-order valence-electron chi connectivity index (χ4n) is 1.39. The van der Waals surface area contributed by atoms with Gasteiger partial charge in [0, 0.05) is 6.04 Å². The van der Waals surface area contributed by atoms with Crippen molar-refractivity contribution in [3.8, 4) is 11.4 Å². The maximum atomic E-state index is 12.0. The van der Waals surface area contributed by atoms with E-state index in [0.717, 1.165) is 0 Å². The second-order valence-electron chi connectivity index (χ2n) is 3.75. The topological polar surface area (TPSA) is 66.0 Å². The van der Waals surface area contributed by atoms with Gasteiger partial charge in [0.2, 0.25) is 0 Å². The molecule has 5 nitrogen and oxygen atoms in total. The number of hydrogen-bond donors (Lipinski definition) is 1. The zero-order valence-corrected chi connectivity index (χ0v) is 9.62. The first-order valence-electron chi connectivity index (χ1n) is 5.29. The normalized spacial score (nSPS) is 12.7. The summed E-state index contributed by atoms with van der Waals surface area (Å²) < 4.78 is 29.7. The second-order valence-corrected chi connectivity index (χ2v) is 3.75. The van der Waals surface area contributed by atoms with Gasteiger partial charge in [-0.25, -0.2) is 4.68 Å². The maximum absolute atomic E-state index is 12.0. The van der Waals surface area contributed by atoms with Gasteiger partial charge in [0.25, 0.3) is 0 Å². The first kappa shape index (κ1) is 12.4. The molecule has 0 saturated heterocycles. The average Bonchev–Trinajstić information content (AvgIpc) is 2.78. The monoisotopic (exact) mass is 254 g/mol. The molecular formula is C11H12F2N4O. The van der Waals surface area contributed by atoms with Crippen LogP contribution >= 0.6 is 0 Å². The molecule has 96 valence electrons. The summed E-state index contributed by atoms with van der Waals surface area (Å²) in [5, 5.41) is 7.80. The Morgan fingerprint density at radius 3 is 2.44 bits per heavy atom. The van der Waals surface area contributed by atoms with E-state index in [9.17, 15) is 8.78 Å². The van der Waals surface area contributed by atoms with Crippen LogP contribution < -0.4 is 10.5 Å². The van der Waals surface area contributed by atoms with Crippen molar-refractivity contribution in [3.63, 3.8) is 0 Å². The standard InChI is InChI=1S/C11H12F2N4O/c1-7(14)10-6-17(16-15-10)8-2-4-9(5-3-8)18-11(12)13/h2-7,11H,14H2,1H3. The highest BCUT2D eigenvalue weighted by Crippen LogP contribution is 2.17. The molecule has 1 aromatic carbocycles. The number of halogens is 2. The first-order chi connectivity index (χ1) is 8.56. The van der Waals surface area contributed by atoms with Crippen molar-refractivity contribution in [2.24, 2.45) is 5.73 Å². The fraction of sp³-hybridized carbons (Fsp3) is 0.273. The van der Waals surface area contributed by atoms with Gasteiger partial charge in [-0.3, -0.25) is 0 Å². The summed E-state index contributed by atoms with van der Waals surface area (Å²) in [6.45, 7) is -1.03. The lowest BCUT2D eigenvalue weighted by Gasteiger charge is -2.05. The number of aromatic nitrogens is 3. The summed E-state index contributed by atoms with van der Waals surface area (Å²) in [5.41, 5.74) is 7.01. The molecule has 0 amide bonds. The van der Waals surface area contributed by atoms with Crippen LogP contribution in [-0.4, -0.2) is 21.6 Å². The molecule has 0 saturated carbocycles. The van der Waals surface area contributed by atoms with Crippen molar-refractivity contribution in [3.05, 3.63) is 36.2 Å². The molecule has 0 spiro atoms. The molecule has 0 aliphatic carbocycles. The number of benzene rings is 1. The molecule has 2 aromatic rings. The Bertz CT molecular complexity index is 510. The fourth-order valence-corrected chi connectivity index (χ4v) is 1.39. The van der Waals surface area contributed by atoms with Crippen LogP contribution in [0.1, 0.15) is 18.7 Å². The van der Waals surface area contributed by atoms with Crippen LogP contribution in [0.5, 0.6) is 5.75 Å². The predicted octanol–water partition coefficient (Wildman–Crippen LogP) is 1.89. The SMILES string of the molecule is CC(N)c1cn(-c2ccc(OC(F)F)cc2)nn1. The van der Waals surface area contributed by atoms with E-state index in [-0.39, 0.29) is 11.8 Å². The molecule has 2 N–H and O–H groups in total.